The highest BCUT2D eigenvalue weighted by atomic mass is 79.9. The van der Waals surface area contributed by atoms with Crippen molar-refractivity contribution in [3.63, 3.8) is 0 Å². The van der Waals surface area contributed by atoms with Gasteiger partial charge in [0, 0.05) is 21.6 Å². The molecule has 0 aliphatic rings. The van der Waals surface area contributed by atoms with E-state index in [1.807, 2.05) is 13.8 Å². The highest BCUT2D eigenvalue weighted by molar-refractivity contribution is 9.10. The fourth-order valence-electron chi connectivity index (χ4n) is 1.09. The van der Waals surface area contributed by atoms with Crippen LogP contribution in [0.4, 0.5) is 5.69 Å². The summed E-state index contributed by atoms with van der Waals surface area (Å²) in [4.78, 5) is 11.6. The van der Waals surface area contributed by atoms with Gasteiger partial charge in [0.1, 0.15) is 0 Å². The Morgan fingerprint density at radius 2 is 2.00 bits per heavy atom. The van der Waals surface area contributed by atoms with Gasteiger partial charge in [-0.15, -0.1) is 0 Å². The second-order valence-electron chi connectivity index (χ2n) is 3.29. The summed E-state index contributed by atoms with van der Waals surface area (Å²) in [6.45, 7) is 3.75. The molecular formula is C10H12BrNO. The molecule has 1 aromatic carbocycles. The molecule has 0 spiro atoms. The standard InChI is InChI=1S/C10H12BrNO/c1-6(2)10(13)7-3-8(11)5-9(12)4-7/h3-6H,12H2,1-2H3. The Morgan fingerprint density at radius 1 is 1.38 bits per heavy atom. The quantitative estimate of drug-likeness (QED) is 0.640. The van der Waals surface area contributed by atoms with Crippen molar-refractivity contribution in [3.05, 3.63) is 28.2 Å². The van der Waals surface area contributed by atoms with Crippen molar-refractivity contribution in [2.45, 2.75) is 13.8 Å². The third kappa shape index (κ3) is 2.56. The first-order chi connectivity index (χ1) is 6.00. The van der Waals surface area contributed by atoms with Crippen molar-refractivity contribution < 1.29 is 4.79 Å². The number of anilines is 1. The van der Waals surface area contributed by atoms with Crippen LogP contribution in [-0.4, -0.2) is 5.78 Å². The Morgan fingerprint density at radius 3 is 2.46 bits per heavy atom. The molecule has 2 nitrogen and oxygen atoms in total. The first-order valence-corrected chi connectivity index (χ1v) is 4.90. The summed E-state index contributed by atoms with van der Waals surface area (Å²) in [5.41, 5.74) is 6.89. The number of nitrogens with two attached hydrogens (primary N) is 1. The predicted molar refractivity (Wildman–Crippen MR) is 57.7 cm³/mol. The van der Waals surface area contributed by atoms with Crippen LogP contribution in [0.3, 0.4) is 0 Å². The van der Waals surface area contributed by atoms with Gasteiger partial charge in [0.05, 0.1) is 0 Å². The summed E-state index contributed by atoms with van der Waals surface area (Å²) >= 11 is 3.30. The maximum Gasteiger partial charge on any atom is 0.165 e. The number of rotatable bonds is 2. The summed E-state index contributed by atoms with van der Waals surface area (Å²) in [5.74, 6) is 0.127. The van der Waals surface area contributed by atoms with Gasteiger partial charge < -0.3 is 5.73 Å². The van der Waals surface area contributed by atoms with E-state index >= 15 is 0 Å². The van der Waals surface area contributed by atoms with Crippen LogP contribution in [-0.2, 0) is 0 Å². The fraction of sp³-hybridized carbons (Fsp3) is 0.300. The normalized spacial score (nSPS) is 10.5. The molecule has 0 heterocycles. The maximum absolute atomic E-state index is 11.6. The Balaban J connectivity index is 3.08. The molecule has 0 amide bonds. The molecule has 1 rings (SSSR count). The highest BCUT2D eigenvalue weighted by Crippen LogP contribution is 2.19. The molecule has 2 N–H and O–H groups in total. The van der Waals surface area contributed by atoms with Crippen molar-refractivity contribution in [1.82, 2.24) is 0 Å². The minimum Gasteiger partial charge on any atom is -0.399 e. The topological polar surface area (TPSA) is 43.1 Å². The van der Waals surface area contributed by atoms with Gasteiger partial charge in [-0.1, -0.05) is 29.8 Å². The molecule has 0 fully saturated rings. The van der Waals surface area contributed by atoms with Gasteiger partial charge in [0.25, 0.3) is 0 Å². The lowest BCUT2D eigenvalue weighted by molar-refractivity contribution is 0.0939. The van der Waals surface area contributed by atoms with Gasteiger partial charge in [-0.3, -0.25) is 4.79 Å². The Hall–Kier alpha value is -0.830. The second kappa shape index (κ2) is 3.92. The van der Waals surface area contributed by atoms with Gasteiger partial charge in [-0.2, -0.15) is 0 Å². The lowest BCUT2D eigenvalue weighted by Crippen LogP contribution is -2.07. The lowest BCUT2D eigenvalue weighted by atomic mass is 10.0. The lowest BCUT2D eigenvalue weighted by Gasteiger charge is -2.05. The third-order valence-electron chi connectivity index (χ3n) is 1.73. The van der Waals surface area contributed by atoms with Crippen molar-refractivity contribution in [1.29, 1.82) is 0 Å². The molecule has 0 aliphatic heterocycles. The van der Waals surface area contributed by atoms with E-state index in [1.165, 1.54) is 0 Å². The number of benzene rings is 1. The number of carbonyl (C=O) groups is 1. The average molecular weight is 242 g/mol. The first kappa shape index (κ1) is 10.3. The van der Waals surface area contributed by atoms with Crippen LogP contribution >= 0.6 is 15.9 Å². The number of carbonyl (C=O) groups excluding carboxylic acids is 1. The van der Waals surface area contributed by atoms with E-state index in [-0.39, 0.29) is 11.7 Å². The van der Waals surface area contributed by atoms with E-state index in [1.54, 1.807) is 18.2 Å². The summed E-state index contributed by atoms with van der Waals surface area (Å²) < 4.78 is 0.844. The molecule has 0 bridgehead atoms. The fourth-order valence-corrected chi connectivity index (χ4v) is 1.60. The molecule has 0 atom stereocenters. The zero-order valence-electron chi connectivity index (χ0n) is 7.67. The largest absolute Gasteiger partial charge is 0.399 e. The molecular weight excluding hydrogens is 230 g/mol. The molecule has 1 aromatic rings. The van der Waals surface area contributed by atoms with E-state index < -0.39 is 0 Å². The number of Topliss-reactive ketones (excluding diaryl/α,β-unsaturated/α-hetero) is 1. The van der Waals surface area contributed by atoms with Crippen molar-refractivity contribution in [3.8, 4) is 0 Å². The number of halogens is 1. The van der Waals surface area contributed by atoms with E-state index in [2.05, 4.69) is 15.9 Å². The van der Waals surface area contributed by atoms with Gasteiger partial charge >= 0.3 is 0 Å². The van der Waals surface area contributed by atoms with Gasteiger partial charge in [0.2, 0.25) is 0 Å². The summed E-state index contributed by atoms with van der Waals surface area (Å²) in [5, 5.41) is 0. The van der Waals surface area contributed by atoms with Crippen LogP contribution in [0.1, 0.15) is 24.2 Å². The maximum atomic E-state index is 11.6. The van der Waals surface area contributed by atoms with Crippen LogP contribution in [0.15, 0.2) is 22.7 Å². The van der Waals surface area contributed by atoms with Crippen LogP contribution < -0.4 is 5.73 Å². The molecule has 0 radical (unpaired) electrons. The first-order valence-electron chi connectivity index (χ1n) is 4.11. The summed E-state index contributed by atoms with van der Waals surface area (Å²) in [6, 6.07) is 5.27. The molecule has 0 saturated carbocycles. The highest BCUT2D eigenvalue weighted by Gasteiger charge is 2.10. The van der Waals surface area contributed by atoms with Crippen molar-refractivity contribution >= 4 is 27.4 Å². The Labute approximate surface area is 86.3 Å². The zero-order valence-corrected chi connectivity index (χ0v) is 9.26. The number of nitrogen functional groups attached to an aromatic ring is 1. The monoisotopic (exact) mass is 241 g/mol. The Kier molecular flexibility index (Phi) is 3.09. The summed E-state index contributed by atoms with van der Waals surface area (Å²) in [7, 11) is 0. The molecule has 70 valence electrons. The number of hydrogen-bond acceptors (Lipinski definition) is 2. The van der Waals surface area contributed by atoms with Crippen molar-refractivity contribution in [2.24, 2.45) is 5.92 Å². The molecule has 3 heteroatoms. The summed E-state index contributed by atoms with van der Waals surface area (Å²) in [6.07, 6.45) is 0. The van der Waals surface area contributed by atoms with Crippen molar-refractivity contribution in [2.75, 3.05) is 5.73 Å². The smallest absolute Gasteiger partial charge is 0.165 e. The minimum atomic E-state index is 0.00806. The second-order valence-corrected chi connectivity index (χ2v) is 4.21. The third-order valence-corrected chi connectivity index (χ3v) is 2.19. The molecule has 0 unspecified atom stereocenters. The van der Waals surface area contributed by atoms with Gasteiger partial charge in [0.15, 0.2) is 5.78 Å². The minimum absolute atomic E-state index is 0.00806. The number of ketones is 1. The molecule has 0 aliphatic carbocycles. The van der Waals surface area contributed by atoms with Crippen LogP contribution in [0.25, 0.3) is 0 Å². The zero-order chi connectivity index (χ0) is 10.0. The van der Waals surface area contributed by atoms with E-state index in [0.717, 1.165) is 4.47 Å². The van der Waals surface area contributed by atoms with E-state index in [9.17, 15) is 4.79 Å². The van der Waals surface area contributed by atoms with Gasteiger partial charge in [-0.05, 0) is 18.2 Å². The van der Waals surface area contributed by atoms with Crippen LogP contribution in [0.5, 0.6) is 0 Å². The molecule has 13 heavy (non-hydrogen) atoms. The van der Waals surface area contributed by atoms with Gasteiger partial charge in [-0.25, -0.2) is 0 Å². The average Bonchev–Trinajstić information content (AvgIpc) is 2.01. The van der Waals surface area contributed by atoms with Crippen LogP contribution in [0, 0.1) is 5.92 Å². The number of hydrogen-bond donors (Lipinski definition) is 1. The SMILES string of the molecule is CC(C)C(=O)c1cc(N)cc(Br)c1. The van der Waals surface area contributed by atoms with E-state index in [0.29, 0.717) is 11.3 Å². The Bertz CT molecular complexity index is 313. The van der Waals surface area contributed by atoms with E-state index in [4.69, 9.17) is 5.73 Å². The van der Waals surface area contributed by atoms with Crippen LogP contribution in [0.2, 0.25) is 0 Å². The molecule has 0 aromatic heterocycles. The molecule has 0 saturated heterocycles. The predicted octanol–water partition coefficient (Wildman–Crippen LogP) is 2.87.